The lowest BCUT2D eigenvalue weighted by Gasteiger charge is -2.44. The third kappa shape index (κ3) is 8.20. The van der Waals surface area contributed by atoms with E-state index in [2.05, 4.69) is 0 Å². The molecule has 1 nitrogen and oxygen atoms in total. The minimum atomic E-state index is -9.39. The largest absolute Gasteiger partial charge is 0.540 e. The molecule has 372 valence electrons. The Hall–Kier alpha value is -4.56. The Morgan fingerprint density at radius 1 is 0.382 bits per heavy atom. The minimum absolute atomic E-state index is 0.0792. The van der Waals surface area contributed by atoms with Gasteiger partial charge >= 0.3 is 13.1 Å². The maximum absolute atomic E-state index is 17.8. The van der Waals surface area contributed by atoms with E-state index in [1.165, 1.54) is 27.7 Å². The summed E-state index contributed by atoms with van der Waals surface area (Å²) in [5, 5.41) is -4.87. The molecule has 0 aromatic heterocycles. The second-order valence-corrected chi connectivity index (χ2v) is 26.5. The van der Waals surface area contributed by atoms with Crippen molar-refractivity contribution >= 4 is 49.9 Å². The molecular formula is C44H35AlF21OSi-. The monoisotopic (exact) mass is 1030 g/mol. The first-order valence-corrected chi connectivity index (χ1v) is 25.0. The van der Waals surface area contributed by atoms with Crippen molar-refractivity contribution in [3.05, 3.63) is 122 Å². The first-order valence-electron chi connectivity index (χ1n) is 20.4. The Morgan fingerprint density at radius 2 is 0.676 bits per heavy atom. The summed E-state index contributed by atoms with van der Waals surface area (Å²) in [6.07, 6.45) is 3.36. The van der Waals surface area contributed by atoms with Crippen LogP contribution in [0.1, 0.15) is 80.6 Å². The van der Waals surface area contributed by atoms with E-state index in [1.54, 1.807) is 13.8 Å². The van der Waals surface area contributed by atoms with Crippen molar-refractivity contribution in [3.8, 4) is 5.75 Å². The fourth-order valence-electron chi connectivity index (χ4n) is 9.26. The molecule has 0 aliphatic rings. The third-order valence-electron chi connectivity index (χ3n) is 12.6. The van der Waals surface area contributed by atoms with Crippen LogP contribution in [-0.2, 0) is 0 Å². The van der Waals surface area contributed by atoms with Gasteiger partial charge in [0.05, 0.1) is 16.6 Å². The van der Waals surface area contributed by atoms with Crippen molar-refractivity contribution in [2.45, 2.75) is 97.7 Å². The summed E-state index contributed by atoms with van der Waals surface area (Å²) >= 11 is -9.39. The lowest BCUT2D eigenvalue weighted by atomic mass is 9.89. The lowest BCUT2D eigenvalue weighted by molar-refractivity contribution is 0.326. The van der Waals surface area contributed by atoms with Gasteiger partial charge in [-0.25, -0.2) is 87.8 Å². The van der Waals surface area contributed by atoms with Gasteiger partial charge in [-0.05, 0) is 29.0 Å². The third-order valence-corrected chi connectivity index (χ3v) is 24.1. The first kappa shape index (κ1) is 54.4. The zero-order chi connectivity index (χ0) is 51.8. The van der Waals surface area contributed by atoms with E-state index in [9.17, 15) is 13.2 Å². The normalized spacial score (nSPS) is 12.7. The van der Waals surface area contributed by atoms with Gasteiger partial charge in [0, 0.05) is 0 Å². The van der Waals surface area contributed by atoms with Gasteiger partial charge in [-0.3, -0.25) is 0 Å². The molecule has 0 aliphatic carbocycles. The average Bonchev–Trinajstić information content (AvgIpc) is 3.27. The maximum Gasteiger partial charge on any atom is 0.300 e. The molecule has 0 radical (unpaired) electrons. The Balaban J connectivity index is 2.20. The summed E-state index contributed by atoms with van der Waals surface area (Å²) in [7, 11) is -4.03. The molecule has 0 atom stereocenters. The highest BCUT2D eigenvalue weighted by molar-refractivity contribution is 7.20. The molecule has 0 heterocycles. The van der Waals surface area contributed by atoms with Crippen LogP contribution in [-0.4, -0.2) is 21.4 Å². The first-order chi connectivity index (χ1) is 31.4. The number of rotatable bonds is 15. The molecule has 0 aliphatic heterocycles. The number of unbranched alkanes of at least 4 members (excludes halogenated alkanes) is 3. The smallest absolute Gasteiger partial charge is 0.300 e. The van der Waals surface area contributed by atoms with Crippen LogP contribution < -0.4 is 22.1 Å². The molecular weight excluding hydrogens is 999 g/mol. The Kier molecular flexibility index (Phi) is 15.5. The predicted molar refractivity (Wildman–Crippen MR) is 211 cm³/mol. The quantitative estimate of drug-likeness (QED) is 0.0334. The van der Waals surface area contributed by atoms with Crippen LogP contribution in [0.3, 0.4) is 0 Å². The van der Waals surface area contributed by atoms with Gasteiger partial charge in [-0.15, -0.1) is 17.7 Å². The Morgan fingerprint density at radius 3 is 1.01 bits per heavy atom. The summed E-state index contributed by atoms with van der Waals surface area (Å²) in [4.78, 5) is 0. The summed E-state index contributed by atoms with van der Waals surface area (Å²) in [6.45, 7) is 11.3. The molecule has 5 aromatic carbocycles. The van der Waals surface area contributed by atoms with E-state index in [0.717, 1.165) is 19.3 Å². The van der Waals surface area contributed by atoms with Crippen molar-refractivity contribution < 1.29 is 96.6 Å². The van der Waals surface area contributed by atoms with E-state index >= 15 is 79.0 Å². The van der Waals surface area contributed by atoms with Crippen molar-refractivity contribution in [2.24, 2.45) is 5.41 Å². The van der Waals surface area contributed by atoms with Crippen LogP contribution in [0.15, 0.2) is 0 Å². The molecule has 0 bridgehead atoms. The van der Waals surface area contributed by atoms with E-state index in [0.29, 0.717) is 12.8 Å². The molecule has 0 amide bonds. The minimum Gasteiger partial charge on any atom is -0.540 e. The van der Waals surface area contributed by atoms with Gasteiger partial charge in [0.15, 0.2) is 75.6 Å². The summed E-state index contributed by atoms with van der Waals surface area (Å²) in [6, 6.07) is -0.0792. The molecule has 5 rings (SSSR count). The van der Waals surface area contributed by atoms with Crippen LogP contribution in [0.25, 0.3) is 10.8 Å². The molecule has 0 N–H and O–H groups in total. The molecule has 24 heteroatoms. The molecule has 68 heavy (non-hydrogen) atoms. The number of hydrogen-bond acceptors (Lipinski definition) is 1. The topological polar surface area (TPSA) is 9.23 Å². The molecule has 0 unspecified atom stereocenters. The van der Waals surface area contributed by atoms with Gasteiger partial charge in [0.2, 0.25) is 5.82 Å². The van der Waals surface area contributed by atoms with Crippen LogP contribution in [0, 0.1) is 128 Å². The van der Waals surface area contributed by atoms with Gasteiger partial charge in [-0.2, -0.15) is 4.39 Å². The van der Waals surface area contributed by atoms with Crippen molar-refractivity contribution in [3.63, 3.8) is 0 Å². The van der Waals surface area contributed by atoms with Crippen molar-refractivity contribution in [1.82, 2.24) is 0 Å². The van der Waals surface area contributed by atoms with Gasteiger partial charge in [-0.1, -0.05) is 74.1 Å². The standard InChI is InChI=1S/C26H35F6OSi.3C6F5.Al/c1-8-9-10-11-12-26(6,7)14-34(15(2)3,16(4)5)33-25-20-19(22(30)23(31)24(25)32)17(27)13-18(28)21(20)29;3*7-2-1-3(8)5(10)6(11)4(2)9;/h15-16H,8-12,14H2,1-7H3;;;;/q;;;;-1. The van der Waals surface area contributed by atoms with Crippen LogP contribution in [0.2, 0.25) is 17.1 Å². The highest BCUT2D eigenvalue weighted by Crippen LogP contribution is 2.48. The average molecular weight is 1030 g/mol. The molecule has 0 saturated heterocycles. The SMILES string of the molecule is CCCCCCC(C)(C)C[Si](Oc1c(F)c(F)c(F)c2c(F)[c]([Al-]([c]3c(F)c(F)c(F)c(F)c3F)([c]3c(F)c(F)c(F)c(F)c3F)[c]3c(F)c(F)c(F)c(F)c3F)c(F)c(F)c12)(C(C)C)C(C)C. The fraction of sp³-hybridized carbons (Fsp3) is 0.364. The van der Waals surface area contributed by atoms with Gasteiger partial charge < -0.3 is 4.43 Å². The summed E-state index contributed by atoms with van der Waals surface area (Å²) in [5.74, 6) is -74.1. The molecule has 0 saturated carbocycles. The van der Waals surface area contributed by atoms with E-state index in [4.69, 9.17) is 4.43 Å². The van der Waals surface area contributed by atoms with Crippen molar-refractivity contribution in [2.75, 3.05) is 0 Å². The fourth-order valence-corrected chi connectivity index (χ4v) is 20.0. The highest BCUT2D eigenvalue weighted by atomic mass is 28.4. The van der Waals surface area contributed by atoms with E-state index < -0.39 is 194 Å². The van der Waals surface area contributed by atoms with E-state index in [-0.39, 0.29) is 6.04 Å². The highest BCUT2D eigenvalue weighted by Gasteiger charge is 2.56. The second kappa shape index (κ2) is 19.3. The molecule has 0 spiro atoms. The zero-order valence-electron chi connectivity index (χ0n) is 36.3. The van der Waals surface area contributed by atoms with Crippen molar-refractivity contribution in [1.29, 1.82) is 0 Å². The summed E-state index contributed by atoms with van der Waals surface area (Å²) < 4.78 is 327. The predicted octanol–water partition coefficient (Wildman–Crippen LogP) is 13.3. The lowest BCUT2D eigenvalue weighted by Crippen LogP contribution is -2.81. The Bertz CT molecular complexity index is 2600. The summed E-state index contributed by atoms with van der Waals surface area (Å²) in [5.41, 5.74) is -2.36. The van der Waals surface area contributed by atoms with Gasteiger partial charge in [0.25, 0.3) is 8.32 Å². The van der Waals surface area contributed by atoms with Crippen LogP contribution in [0.5, 0.6) is 5.75 Å². The molecule has 5 aromatic rings. The number of hydrogen-bond donors (Lipinski definition) is 0. The van der Waals surface area contributed by atoms with E-state index in [1.807, 2.05) is 6.92 Å². The van der Waals surface area contributed by atoms with Crippen LogP contribution >= 0.6 is 0 Å². The zero-order valence-corrected chi connectivity index (χ0v) is 38.5. The number of fused-ring (bicyclic) bond motifs is 1. The van der Waals surface area contributed by atoms with Crippen LogP contribution in [0.4, 0.5) is 92.2 Å². The van der Waals surface area contributed by atoms with Gasteiger partial charge in [0.1, 0.15) is 40.7 Å². The molecule has 0 fully saturated rings. The Labute approximate surface area is 376 Å². The number of halogens is 21. The second-order valence-electron chi connectivity index (χ2n) is 17.7. The number of benzene rings is 5. The maximum atomic E-state index is 17.8.